The van der Waals surface area contributed by atoms with E-state index in [4.69, 9.17) is 14.6 Å². The zero-order valence-electron chi connectivity index (χ0n) is 12.9. The van der Waals surface area contributed by atoms with Crippen LogP contribution in [-0.2, 0) is 10.0 Å². The third-order valence-corrected chi connectivity index (χ3v) is 4.68. The van der Waals surface area contributed by atoms with Gasteiger partial charge in [-0.3, -0.25) is 0 Å². The predicted octanol–water partition coefficient (Wildman–Crippen LogP) is 1.53. The average molecular weight is 335 g/mol. The number of hydrogen-bond acceptors (Lipinski definition) is 5. The van der Waals surface area contributed by atoms with Crippen molar-refractivity contribution >= 4 is 10.0 Å². The second-order valence-corrected chi connectivity index (χ2v) is 6.70. The Labute approximate surface area is 130 Å². The second kappa shape index (κ2) is 8.30. The molecular formula is C14H22FNO5S. The molecule has 1 rings (SSSR count). The molecule has 0 radical (unpaired) electrons. The Bertz CT molecular complexity index is 591. The molecule has 1 unspecified atom stereocenters. The Kier molecular flexibility index (Phi) is 7.05. The molecule has 0 aliphatic heterocycles. The van der Waals surface area contributed by atoms with E-state index < -0.39 is 20.7 Å². The minimum absolute atomic E-state index is 0.0526. The van der Waals surface area contributed by atoms with E-state index in [1.165, 1.54) is 14.2 Å². The smallest absolute Gasteiger partial charge is 0.243 e. The number of methoxy groups -OCH3 is 2. The molecule has 0 heterocycles. The highest BCUT2D eigenvalue weighted by molar-refractivity contribution is 7.89. The lowest BCUT2D eigenvalue weighted by molar-refractivity contribution is 0.228. The number of hydrogen-bond donors (Lipinski definition) is 2. The summed E-state index contributed by atoms with van der Waals surface area (Å²) in [5, 5.41) is 8.90. The van der Waals surface area contributed by atoms with Crippen LogP contribution in [0.4, 0.5) is 4.39 Å². The van der Waals surface area contributed by atoms with Crippen molar-refractivity contribution in [2.45, 2.75) is 24.7 Å². The van der Waals surface area contributed by atoms with E-state index in [2.05, 4.69) is 4.72 Å². The quantitative estimate of drug-likeness (QED) is 0.669. The van der Waals surface area contributed by atoms with E-state index in [-0.39, 0.29) is 30.6 Å². The molecule has 0 aliphatic carbocycles. The molecule has 0 saturated heterocycles. The first kappa shape index (κ1) is 18.7. The minimum atomic E-state index is -3.98. The van der Waals surface area contributed by atoms with Gasteiger partial charge in [-0.1, -0.05) is 6.92 Å². The van der Waals surface area contributed by atoms with Gasteiger partial charge in [0, 0.05) is 25.3 Å². The molecule has 22 heavy (non-hydrogen) atoms. The van der Waals surface area contributed by atoms with Gasteiger partial charge in [0.2, 0.25) is 10.0 Å². The molecule has 1 aromatic carbocycles. The normalized spacial score (nSPS) is 13.0. The fourth-order valence-corrected chi connectivity index (χ4v) is 3.01. The summed E-state index contributed by atoms with van der Waals surface area (Å²) in [7, 11) is -1.29. The molecule has 1 aromatic rings. The van der Waals surface area contributed by atoms with Crippen molar-refractivity contribution < 1.29 is 27.4 Å². The Balaban J connectivity index is 2.84. The predicted molar refractivity (Wildman–Crippen MR) is 80.2 cm³/mol. The first-order valence-corrected chi connectivity index (χ1v) is 8.36. The summed E-state index contributed by atoms with van der Waals surface area (Å²) in [6, 6.07) is 2.06. The first-order valence-electron chi connectivity index (χ1n) is 6.87. The van der Waals surface area contributed by atoms with Gasteiger partial charge >= 0.3 is 0 Å². The fraction of sp³-hybridized carbons (Fsp3) is 0.571. The molecule has 0 bridgehead atoms. The Morgan fingerprint density at radius 2 is 1.86 bits per heavy atom. The average Bonchev–Trinajstić information content (AvgIpc) is 2.50. The van der Waals surface area contributed by atoms with E-state index in [0.717, 1.165) is 12.1 Å². The number of aliphatic hydroxyl groups excluding tert-OH is 1. The van der Waals surface area contributed by atoms with Gasteiger partial charge in [0.1, 0.15) is 10.7 Å². The summed E-state index contributed by atoms with van der Waals surface area (Å²) < 4.78 is 50.5. The number of sulfonamides is 1. The van der Waals surface area contributed by atoms with Gasteiger partial charge in [-0.05, 0) is 18.8 Å². The minimum Gasteiger partial charge on any atom is -0.493 e. The first-order chi connectivity index (χ1) is 10.4. The summed E-state index contributed by atoms with van der Waals surface area (Å²) in [4.78, 5) is -0.486. The fourth-order valence-electron chi connectivity index (χ4n) is 1.87. The SMILES string of the molecule is COc1cc(F)c(S(=O)(=O)NCCCC(C)CO)cc1OC. The van der Waals surface area contributed by atoms with Gasteiger partial charge in [-0.2, -0.15) is 0 Å². The van der Waals surface area contributed by atoms with Gasteiger partial charge in [0.15, 0.2) is 11.5 Å². The standard InChI is InChI=1S/C14H22FNO5S/c1-10(9-17)5-4-6-16-22(18,19)14-8-13(21-3)12(20-2)7-11(14)15/h7-8,10,16-17H,4-6,9H2,1-3H3. The van der Waals surface area contributed by atoms with Crippen molar-refractivity contribution in [2.24, 2.45) is 5.92 Å². The highest BCUT2D eigenvalue weighted by Crippen LogP contribution is 2.31. The lowest BCUT2D eigenvalue weighted by atomic mass is 10.1. The summed E-state index contributed by atoms with van der Waals surface area (Å²) in [5.41, 5.74) is 0. The number of halogens is 1. The number of benzene rings is 1. The van der Waals surface area contributed by atoms with Crippen LogP contribution >= 0.6 is 0 Å². The zero-order chi connectivity index (χ0) is 16.8. The van der Waals surface area contributed by atoms with Gasteiger partial charge in [-0.25, -0.2) is 17.5 Å². The zero-order valence-corrected chi connectivity index (χ0v) is 13.7. The van der Waals surface area contributed by atoms with Crippen molar-refractivity contribution in [3.8, 4) is 11.5 Å². The van der Waals surface area contributed by atoms with Crippen molar-refractivity contribution in [1.29, 1.82) is 0 Å². The summed E-state index contributed by atoms with van der Waals surface area (Å²) in [6.07, 6.45) is 1.23. The van der Waals surface area contributed by atoms with Crippen molar-refractivity contribution in [3.05, 3.63) is 17.9 Å². The van der Waals surface area contributed by atoms with Crippen LogP contribution in [0.3, 0.4) is 0 Å². The van der Waals surface area contributed by atoms with Crippen molar-refractivity contribution in [3.63, 3.8) is 0 Å². The van der Waals surface area contributed by atoms with E-state index in [1.807, 2.05) is 6.92 Å². The van der Waals surface area contributed by atoms with Gasteiger partial charge in [0.25, 0.3) is 0 Å². The molecule has 2 N–H and O–H groups in total. The summed E-state index contributed by atoms with van der Waals surface area (Å²) in [6.45, 7) is 2.08. The molecule has 1 atom stereocenters. The lowest BCUT2D eigenvalue weighted by Crippen LogP contribution is -2.26. The maximum Gasteiger partial charge on any atom is 0.243 e. The van der Waals surface area contributed by atoms with E-state index in [9.17, 15) is 12.8 Å². The molecule has 0 fully saturated rings. The molecule has 0 aliphatic rings. The van der Waals surface area contributed by atoms with Crippen LogP contribution in [0.5, 0.6) is 11.5 Å². The molecule has 126 valence electrons. The van der Waals surface area contributed by atoms with Crippen LogP contribution in [0.1, 0.15) is 19.8 Å². The maximum atomic E-state index is 14.0. The highest BCUT2D eigenvalue weighted by Gasteiger charge is 2.22. The lowest BCUT2D eigenvalue weighted by Gasteiger charge is -2.12. The molecule has 0 aromatic heterocycles. The van der Waals surface area contributed by atoms with E-state index >= 15 is 0 Å². The second-order valence-electron chi connectivity index (χ2n) is 4.97. The number of rotatable bonds is 9. The van der Waals surface area contributed by atoms with Crippen LogP contribution in [0, 0.1) is 11.7 Å². The molecule has 0 saturated carbocycles. The summed E-state index contributed by atoms with van der Waals surface area (Å²) in [5.74, 6) is -0.551. The monoisotopic (exact) mass is 335 g/mol. The number of ether oxygens (including phenoxy) is 2. The van der Waals surface area contributed by atoms with Gasteiger partial charge in [0.05, 0.1) is 14.2 Å². The van der Waals surface area contributed by atoms with Crippen LogP contribution in [0.25, 0.3) is 0 Å². The largest absolute Gasteiger partial charge is 0.493 e. The van der Waals surface area contributed by atoms with Crippen molar-refractivity contribution in [2.75, 3.05) is 27.4 Å². The number of aliphatic hydroxyl groups is 1. The van der Waals surface area contributed by atoms with E-state index in [0.29, 0.717) is 12.8 Å². The van der Waals surface area contributed by atoms with Crippen LogP contribution in [0.15, 0.2) is 17.0 Å². The molecule has 8 heteroatoms. The Morgan fingerprint density at radius 1 is 1.27 bits per heavy atom. The molecule has 0 spiro atoms. The van der Waals surface area contributed by atoms with Crippen LogP contribution in [-0.4, -0.2) is 40.9 Å². The van der Waals surface area contributed by atoms with Gasteiger partial charge < -0.3 is 14.6 Å². The maximum absolute atomic E-state index is 14.0. The molecule has 6 nitrogen and oxygen atoms in total. The number of nitrogens with one attached hydrogen (secondary N) is 1. The third kappa shape index (κ3) is 4.82. The molecular weight excluding hydrogens is 313 g/mol. The van der Waals surface area contributed by atoms with Crippen LogP contribution in [0.2, 0.25) is 0 Å². The highest BCUT2D eigenvalue weighted by atomic mass is 32.2. The topological polar surface area (TPSA) is 84.9 Å². The summed E-state index contributed by atoms with van der Waals surface area (Å²) >= 11 is 0. The molecule has 0 amide bonds. The van der Waals surface area contributed by atoms with E-state index in [1.54, 1.807) is 0 Å². The van der Waals surface area contributed by atoms with Crippen molar-refractivity contribution in [1.82, 2.24) is 4.72 Å². The third-order valence-electron chi connectivity index (χ3n) is 3.21. The van der Waals surface area contributed by atoms with Gasteiger partial charge in [-0.15, -0.1) is 0 Å². The van der Waals surface area contributed by atoms with Crippen LogP contribution < -0.4 is 14.2 Å². The Morgan fingerprint density at radius 3 is 2.41 bits per heavy atom. The Hall–Kier alpha value is -1.38.